The monoisotopic (exact) mass is 374 g/mol. The number of halogens is 2. The zero-order chi connectivity index (χ0) is 14.9. The fraction of sp³-hybridized carbons (Fsp3) is 0.429. The maximum atomic E-state index is 12.4. The van der Waals surface area contributed by atoms with Crippen LogP contribution in [-0.4, -0.2) is 15.6 Å². The third-order valence-corrected chi connectivity index (χ3v) is 5.77. The molecule has 0 atom stereocenters. The first-order valence-electron chi connectivity index (χ1n) is 6.51. The van der Waals surface area contributed by atoms with Crippen molar-refractivity contribution in [1.82, 2.24) is 9.78 Å². The molecule has 6 heteroatoms. The van der Waals surface area contributed by atoms with Gasteiger partial charge >= 0.3 is 0 Å². The third-order valence-electron chi connectivity index (χ3n) is 3.15. The number of carbonyl (C=O) groups excluding carboxylic acids is 1. The summed E-state index contributed by atoms with van der Waals surface area (Å²) < 4.78 is 2.83. The number of Topliss-reactive ketones (excluding diaryl/α,β-unsaturated/α-hetero) is 1. The summed E-state index contributed by atoms with van der Waals surface area (Å²) in [6, 6.07) is 1.92. The van der Waals surface area contributed by atoms with Crippen molar-refractivity contribution < 1.29 is 4.79 Å². The van der Waals surface area contributed by atoms with Gasteiger partial charge in [-0.25, -0.2) is 0 Å². The summed E-state index contributed by atoms with van der Waals surface area (Å²) in [6.07, 6.45) is 1.07. The summed E-state index contributed by atoms with van der Waals surface area (Å²) in [6.45, 7) is 6.72. The van der Waals surface area contributed by atoms with Gasteiger partial charge in [-0.15, -0.1) is 11.3 Å². The molecule has 0 aliphatic carbocycles. The minimum Gasteiger partial charge on any atom is -0.293 e. The molecule has 0 aliphatic rings. The minimum absolute atomic E-state index is 0.0861. The number of ketones is 1. The third kappa shape index (κ3) is 3.00. The molecule has 0 aromatic carbocycles. The van der Waals surface area contributed by atoms with E-state index in [9.17, 15) is 4.79 Å². The van der Waals surface area contributed by atoms with E-state index >= 15 is 0 Å². The Kier molecular flexibility index (Phi) is 5.04. The van der Waals surface area contributed by atoms with Crippen molar-refractivity contribution in [3.05, 3.63) is 36.7 Å². The first-order valence-corrected chi connectivity index (χ1v) is 8.49. The lowest BCUT2D eigenvalue weighted by Gasteiger charge is -2.03. The van der Waals surface area contributed by atoms with E-state index in [0.717, 1.165) is 38.6 Å². The minimum atomic E-state index is 0.0861. The Bertz CT molecular complexity index is 628. The number of hydrogen-bond donors (Lipinski definition) is 0. The van der Waals surface area contributed by atoms with Gasteiger partial charge in [0.25, 0.3) is 0 Å². The number of aryl methyl sites for hydroxylation is 3. The van der Waals surface area contributed by atoms with Gasteiger partial charge < -0.3 is 0 Å². The van der Waals surface area contributed by atoms with E-state index in [0.29, 0.717) is 11.4 Å². The highest BCUT2D eigenvalue weighted by Gasteiger charge is 2.19. The summed E-state index contributed by atoms with van der Waals surface area (Å²) in [5.74, 6) is 0.0861. The summed E-state index contributed by atoms with van der Waals surface area (Å²) in [4.78, 5) is 13.1. The Labute approximate surface area is 136 Å². The van der Waals surface area contributed by atoms with Gasteiger partial charge in [-0.2, -0.15) is 5.10 Å². The molecule has 2 aromatic heterocycles. The maximum absolute atomic E-state index is 12.4. The average molecular weight is 376 g/mol. The van der Waals surface area contributed by atoms with Crippen LogP contribution < -0.4 is 0 Å². The van der Waals surface area contributed by atoms with Crippen LogP contribution in [-0.2, 0) is 19.4 Å². The van der Waals surface area contributed by atoms with Crippen molar-refractivity contribution in [2.24, 2.45) is 0 Å². The molecule has 0 fully saturated rings. The van der Waals surface area contributed by atoms with Crippen molar-refractivity contribution in [1.29, 1.82) is 0 Å². The highest BCUT2D eigenvalue weighted by Crippen LogP contribution is 2.29. The predicted molar refractivity (Wildman–Crippen MR) is 87.1 cm³/mol. The van der Waals surface area contributed by atoms with Crippen molar-refractivity contribution in [2.45, 2.75) is 40.2 Å². The molecule has 0 saturated heterocycles. The van der Waals surface area contributed by atoms with E-state index in [4.69, 9.17) is 11.6 Å². The first kappa shape index (κ1) is 15.7. The Morgan fingerprint density at radius 3 is 2.70 bits per heavy atom. The molecule has 20 heavy (non-hydrogen) atoms. The topological polar surface area (TPSA) is 34.9 Å². The van der Waals surface area contributed by atoms with E-state index in [1.165, 1.54) is 11.3 Å². The molecule has 0 N–H and O–H groups in total. The number of thiophene rings is 1. The summed E-state index contributed by atoms with van der Waals surface area (Å²) in [5, 5.41) is 5.08. The largest absolute Gasteiger partial charge is 0.293 e. The van der Waals surface area contributed by atoms with Gasteiger partial charge in [-0.3, -0.25) is 9.48 Å². The highest BCUT2D eigenvalue weighted by atomic mass is 79.9. The van der Waals surface area contributed by atoms with Crippen molar-refractivity contribution in [3.63, 3.8) is 0 Å². The highest BCUT2D eigenvalue weighted by molar-refractivity contribution is 9.11. The zero-order valence-electron chi connectivity index (χ0n) is 11.7. The van der Waals surface area contributed by atoms with Crippen molar-refractivity contribution in [2.75, 3.05) is 0 Å². The Balaban J connectivity index is 2.29. The van der Waals surface area contributed by atoms with Crippen LogP contribution in [0.2, 0.25) is 5.02 Å². The standard InChI is InChI=1S/C14H16BrClN2OS/c1-4-9-13(16)10(18(5-2)17-9)7-11(19)12-6-8(3)14(15)20-12/h6H,4-5,7H2,1-3H3. The fourth-order valence-electron chi connectivity index (χ4n) is 2.02. The van der Waals surface area contributed by atoms with E-state index in [2.05, 4.69) is 21.0 Å². The van der Waals surface area contributed by atoms with Gasteiger partial charge in [0.1, 0.15) is 0 Å². The molecule has 0 aliphatic heterocycles. The van der Waals surface area contributed by atoms with E-state index < -0.39 is 0 Å². The number of nitrogens with zero attached hydrogens (tertiary/aromatic N) is 2. The Morgan fingerprint density at radius 1 is 1.50 bits per heavy atom. The number of hydrogen-bond acceptors (Lipinski definition) is 3. The van der Waals surface area contributed by atoms with Gasteiger partial charge in [0.15, 0.2) is 5.78 Å². The zero-order valence-corrected chi connectivity index (χ0v) is 14.8. The molecule has 0 radical (unpaired) electrons. The van der Waals surface area contributed by atoms with Crippen LogP contribution in [0.15, 0.2) is 9.85 Å². The van der Waals surface area contributed by atoms with Crippen LogP contribution in [0.1, 0.15) is 40.5 Å². The smallest absolute Gasteiger partial charge is 0.178 e. The predicted octanol–water partition coefficient (Wildman–Crippen LogP) is 4.68. The van der Waals surface area contributed by atoms with Gasteiger partial charge in [0.2, 0.25) is 0 Å². The lowest BCUT2D eigenvalue weighted by molar-refractivity contribution is 0.0994. The normalized spacial score (nSPS) is 11.1. The quantitative estimate of drug-likeness (QED) is 0.711. The van der Waals surface area contributed by atoms with Crippen LogP contribution in [0.25, 0.3) is 0 Å². The Morgan fingerprint density at radius 2 is 2.20 bits per heavy atom. The van der Waals surface area contributed by atoms with Crippen LogP contribution in [0, 0.1) is 6.92 Å². The molecule has 0 amide bonds. The van der Waals surface area contributed by atoms with Crippen LogP contribution >= 0.6 is 38.9 Å². The second-order valence-electron chi connectivity index (χ2n) is 4.54. The molecule has 3 nitrogen and oxygen atoms in total. The fourth-order valence-corrected chi connectivity index (χ4v) is 3.83. The van der Waals surface area contributed by atoms with Crippen molar-refractivity contribution >= 4 is 44.7 Å². The SMILES string of the molecule is CCc1nn(CC)c(CC(=O)c2cc(C)c(Br)s2)c1Cl. The molecule has 2 heterocycles. The number of rotatable bonds is 5. The molecule has 108 valence electrons. The lowest BCUT2D eigenvalue weighted by Crippen LogP contribution is -2.09. The molecule has 2 rings (SSSR count). The van der Waals surface area contributed by atoms with E-state index in [1.807, 2.05) is 31.5 Å². The summed E-state index contributed by atoms with van der Waals surface area (Å²) >= 11 is 11.3. The van der Waals surface area contributed by atoms with Gasteiger partial charge in [-0.05, 0) is 47.8 Å². The van der Waals surface area contributed by atoms with Crippen molar-refractivity contribution in [3.8, 4) is 0 Å². The van der Waals surface area contributed by atoms with Crippen LogP contribution in [0.4, 0.5) is 0 Å². The molecule has 0 unspecified atom stereocenters. The molecule has 2 aromatic rings. The van der Waals surface area contributed by atoms with Gasteiger partial charge in [0, 0.05) is 6.54 Å². The van der Waals surface area contributed by atoms with E-state index in [-0.39, 0.29) is 5.78 Å². The molecule has 0 bridgehead atoms. The molecular weight excluding hydrogens is 360 g/mol. The van der Waals surface area contributed by atoms with Crippen LogP contribution in [0.3, 0.4) is 0 Å². The summed E-state index contributed by atoms with van der Waals surface area (Å²) in [7, 11) is 0. The lowest BCUT2D eigenvalue weighted by atomic mass is 10.1. The maximum Gasteiger partial charge on any atom is 0.178 e. The molecule has 0 saturated carbocycles. The van der Waals surface area contributed by atoms with Gasteiger partial charge in [0.05, 0.1) is 31.5 Å². The molecule has 0 spiro atoms. The second kappa shape index (κ2) is 6.41. The molecular formula is C14H16BrClN2OS. The second-order valence-corrected chi connectivity index (χ2v) is 7.29. The first-order chi connectivity index (χ1) is 9.47. The number of carbonyl (C=O) groups is 1. The van der Waals surface area contributed by atoms with E-state index in [1.54, 1.807) is 0 Å². The number of aromatic nitrogens is 2. The summed E-state index contributed by atoms with van der Waals surface area (Å²) in [5.41, 5.74) is 2.76. The van der Waals surface area contributed by atoms with Gasteiger partial charge in [-0.1, -0.05) is 18.5 Å². The van der Waals surface area contributed by atoms with Crippen LogP contribution in [0.5, 0.6) is 0 Å². The average Bonchev–Trinajstić information content (AvgIpc) is 2.92. The Hall–Kier alpha value is -0.650.